The molecule has 0 heterocycles. The van der Waals surface area contributed by atoms with Gasteiger partial charge in [0.2, 0.25) is 0 Å². The Hall–Kier alpha value is -1.06. The summed E-state index contributed by atoms with van der Waals surface area (Å²) in [4.78, 5) is 0. The van der Waals surface area contributed by atoms with Gasteiger partial charge in [-0.05, 0) is 56.7 Å². The highest BCUT2D eigenvalue weighted by molar-refractivity contribution is 5.27. The number of hydrogen-bond acceptors (Lipinski definition) is 3. The Kier molecular flexibility index (Phi) is 7.46. The van der Waals surface area contributed by atoms with Crippen molar-refractivity contribution in [3.63, 3.8) is 0 Å². The molecule has 102 valence electrons. The SMILES string of the molecule is CC(O)CCc1ccc(OCCCCCO)cc1. The van der Waals surface area contributed by atoms with E-state index >= 15 is 0 Å². The van der Waals surface area contributed by atoms with E-state index in [-0.39, 0.29) is 12.7 Å². The van der Waals surface area contributed by atoms with E-state index < -0.39 is 0 Å². The number of aliphatic hydroxyl groups is 2. The van der Waals surface area contributed by atoms with Crippen LogP contribution in [-0.4, -0.2) is 29.5 Å². The predicted octanol–water partition coefficient (Wildman–Crippen LogP) is 2.54. The molecule has 1 unspecified atom stereocenters. The van der Waals surface area contributed by atoms with Crippen LogP contribution in [0, 0.1) is 0 Å². The topological polar surface area (TPSA) is 49.7 Å². The summed E-state index contributed by atoms with van der Waals surface area (Å²) < 4.78 is 5.60. The Morgan fingerprint density at radius 3 is 2.44 bits per heavy atom. The second kappa shape index (κ2) is 8.95. The van der Waals surface area contributed by atoms with Gasteiger partial charge in [0.15, 0.2) is 0 Å². The molecule has 18 heavy (non-hydrogen) atoms. The van der Waals surface area contributed by atoms with Gasteiger partial charge in [-0.1, -0.05) is 12.1 Å². The first kappa shape index (κ1) is 15.0. The van der Waals surface area contributed by atoms with Crippen LogP contribution in [-0.2, 0) is 6.42 Å². The van der Waals surface area contributed by atoms with Crippen LogP contribution >= 0.6 is 0 Å². The molecule has 0 aliphatic rings. The maximum Gasteiger partial charge on any atom is 0.119 e. The number of rotatable bonds is 9. The molecule has 1 atom stereocenters. The monoisotopic (exact) mass is 252 g/mol. The number of hydrogen-bond donors (Lipinski definition) is 2. The molecule has 0 bridgehead atoms. The van der Waals surface area contributed by atoms with Crippen LogP contribution < -0.4 is 4.74 Å². The van der Waals surface area contributed by atoms with E-state index in [0.717, 1.165) is 37.9 Å². The maximum atomic E-state index is 9.21. The normalized spacial score (nSPS) is 12.4. The van der Waals surface area contributed by atoms with Gasteiger partial charge in [0, 0.05) is 6.61 Å². The van der Waals surface area contributed by atoms with Crippen LogP contribution in [0.1, 0.15) is 38.2 Å². The second-order valence-corrected chi connectivity index (χ2v) is 4.66. The highest BCUT2D eigenvalue weighted by Gasteiger charge is 1.99. The third-order valence-electron chi connectivity index (χ3n) is 2.85. The number of benzene rings is 1. The average molecular weight is 252 g/mol. The predicted molar refractivity (Wildman–Crippen MR) is 72.9 cm³/mol. The fourth-order valence-electron chi connectivity index (χ4n) is 1.71. The summed E-state index contributed by atoms with van der Waals surface area (Å²) in [5.74, 6) is 0.889. The van der Waals surface area contributed by atoms with Gasteiger partial charge in [0.05, 0.1) is 12.7 Å². The fourth-order valence-corrected chi connectivity index (χ4v) is 1.71. The molecule has 2 N–H and O–H groups in total. The van der Waals surface area contributed by atoms with Crippen LogP contribution in [0.15, 0.2) is 24.3 Å². The molecule has 0 saturated carbocycles. The van der Waals surface area contributed by atoms with Crippen LogP contribution in [0.3, 0.4) is 0 Å². The first-order valence-corrected chi connectivity index (χ1v) is 6.73. The maximum absolute atomic E-state index is 9.21. The van der Waals surface area contributed by atoms with Gasteiger partial charge >= 0.3 is 0 Å². The highest BCUT2D eigenvalue weighted by atomic mass is 16.5. The van der Waals surface area contributed by atoms with E-state index in [1.54, 1.807) is 0 Å². The first-order valence-electron chi connectivity index (χ1n) is 6.73. The molecule has 0 saturated heterocycles. The number of ether oxygens (including phenoxy) is 1. The second-order valence-electron chi connectivity index (χ2n) is 4.66. The third-order valence-corrected chi connectivity index (χ3v) is 2.85. The Labute approximate surface area is 109 Å². The zero-order valence-corrected chi connectivity index (χ0v) is 11.1. The number of aryl methyl sites for hydroxylation is 1. The van der Waals surface area contributed by atoms with E-state index in [0.29, 0.717) is 6.61 Å². The third kappa shape index (κ3) is 6.62. The minimum atomic E-state index is -0.243. The summed E-state index contributed by atoms with van der Waals surface area (Å²) >= 11 is 0. The molecule has 0 fully saturated rings. The molecule has 0 aliphatic carbocycles. The summed E-state index contributed by atoms with van der Waals surface area (Å²) in [5.41, 5.74) is 1.23. The Bertz CT molecular complexity index is 306. The highest BCUT2D eigenvalue weighted by Crippen LogP contribution is 2.14. The van der Waals surface area contributed by atoms with Gasteiger partial charge in [-0.3, -0.25) is 0 Å². The summed E-state index contributed by atoms with van der Waals surface area (Å²) in [6, 6.07) is 8.05. The van der Waals surface area contributed by atoms with Gasteiger partial charge < -0.3 is 14.9 Å². The van der Waals surface area contributed by atoms with E-state index in [4.69, 9.17) is 9.84 Å². The zero-order chi connectivity index (χ0) is 13.2. The van der Waals surface area contributed by atoms with Crippen molar-refractivity contribution in [3.8, 4) is 5.75 Å². The molecule has 0 spiro atoms. The standard InChI is InChI=1S/C15H24O3/c1-13(17)5-6-14-7-9-15(10-8-14)18-12-4-2-3-11-16/h7-10,13,16-17H,2-6,11-12H2,1H3. The molecule has 0 aromatic heterocycles. The summed E-state index contributed by atoms with van der Waals surface area (Å²) in [6.07, 6.45) is 4.28. The van der Waals surface area contributed by atoms with Crippen molar-refractivity contribution in [2.24, 2.45) is 0 Å². The summed E-state index contributed by atoms with van der Waals surface area (Å²) in [6.45, 7) is 2.77. The summed E-state index contributed by atoms with van der Waals surface area (Å²) in [7, 11) is 0. The van der Waals surface area contributed by atoms with E-state index in [1.165, 1.54) is 5.56 Å². The molecule has 0 radical (unpaired) electrons. The lowest BCUT2D eigenvalue weighted by molar-refractivity contribution is 0.185. The molecule has 1 aromatic carbocycles. The molecule has 0 aliphatic heterocycles. The first-order chi connectivity index (χ1) is 8.72. The van der Waals surface area contributed by atoms with Crippen LogP contribution in [0.2, 0.25) is 0 Å². The molecule has 0 amide bonds. The Balaban J connectivity index is 2.23. The quantitative estimate of drug-likeness (QED) is 0.664. The van der Waals surface area contributed by atoms with E-state index in [2.05, 4.69) is 0 Å². The van der Waals surface area contributed by atoms with Gasteiger partial charge in [-0.2, -0.15) is 0 Å². The molecular weight excluding hydrogens is 228 g/mol. The Morgan fingerprint density at radius 1 is 1.11 bits per heavy atom. The largest absolute Gasteiger partial charge is 0.494 e. The minimum Gasteiger partial charge on any atom is -0.494 e. The van der Waals surface area contributed by atoms with Crippen molar-refractivity contribution < 1.29 is 14.9 Å². The lowest BCUT2D eigenvalue weighted by Crippen LogP contribution is -2.01. The van der Waals surface area contributed by atoms with Crippen molar-refractivity contribution in [3.05, 3.63) is 29.8 Å². The van der Waals surface area contributed by atoms with Crippen molar-refractivity contribution in [2.45, 2.75) is 45.1 Å². The zero-order valence-electron chi connectivity index (χ0n) is 11.1. The average Bonchev–Trinajstić information content (AvgIpc) is 2.37. The van der Waals surface area contributed by atoms with Gasteiger partial charge in [-0.25, -0.2) is 0 Å². The lowest BCUT2D eigenvalue weighted by Gasteiger charge is -2.08. The van der Waals surface area contributed by atoms with Crippen molar-refractivity contribution in [1.82, 2.24) is 0 Å². The Morgan fingerprint density at radius 2 is 1.83 bits per heavy atom. The van der Waals surface area contributed by atoms with Gasteiger partial charge in [0.1, 0.15) is 5.75 Å². The van der Waals surface area contributed by atoms with Crippen molar-refractivity contribution >= 4 is 0 Å². The molecule has 3 nitrogen and oxygen atoms in total. The summed E-state index contributed by atoms with van der Waals surface area (Å²) in [5, 5.41) is 17.9. The smallest absolute Gasteiger partial charge is 0.119 e. The van der Waals surface area contributed by atoms with Crippen LogP contribution in [0.5, 0.6) is 5.75 Å². The molecule has 3 heteroatoms. The van der Waals surface area contributed by atoms with Crippen molar-refractivity contribution in [1.29, 1.82) is 0 Å². The number of unbranched alkanes of at least 4 members (excludes halogenated alkanes) is 2. The number of aliphatic hydroxyl groups excluding tert-OH is 2. The minimum absolute atomic E-state index is 0.243. The lowest BCUT2D eigenvalue weighted by atomic mass is 10.1. The van der Waals surface area contributed by atoms with Crippen LogP contribution in [0.4, 0.5) is 0 Å². The van der Waals surface area contributed by atoms with E-state index in [1.807, 2.05) is 31.2 Å². The molecule has 1 aromatic rings. The van der Waals surface area contributed by atoms with Gasteiger partial charge in [-0.15, -0.1) is 0 Å². The van der Waals surface area contributed by atoms with Crippen LogP contribution in [0.25, 0.3) is 0 Å². The van der Waals surface area contributed by atoms with Gasteiger partial charge in [0.25, 0.3) is 0 Å². The molecule has 1 rings (SSSR count). The van der Waals surface area contributed by atoms with Crippen molar-refractivity contribution in [2.75, 3.05) is 13.2 Å². The molecular formula is C15H24O3. The van der Waals surface area contributed by atoms with E-state index in [9.17, 15) is 5.11 Å². The fraction of sp³-hybridized carbons (Fsp3) is 0.600.